The second kappa shape index (κ2) is 13.3. The quantitative estimate of drug-likeness (QED) is 0.245. The highest BCUT2D eigenvalue weighted by atomic mass is 32.2. The summed E-state index contributed by atoms with van der Waals surface area (Å²) in [5.41, 5.74) is -5.12. The lowest BCUT2D eigenvalue weighted by Gasteiger charge is -2.17. The molecule has 0 unspecified atom stereocenters. The minimum atomic E-state index is -5.67. The van der Waals surface area contributed by atoms with Crippen molar-refractivity contribution < 1.29 is 40.7 Å². The summed E-state index contributed by atoms with van der Waals surface area (Å²) < 4.78 is 75.0. The number of carbonyl (C=O) groups is 2. The third-order valence-corrected chi connectivity index (χ3v) is 7.16. The highest BCUT2D eigenvalue weighted by molar-refractivity contribution is 7.92. The van der Waals surface area contributed by atoms with Gasteiger partial charge in [0.1, 0.15) is 29.5 Å². The van der Waals surface area contributed by atoms with Gasteiger partial charge in [0.15, 0.2) is 0 Å². The van der Waals surface area contributed by atoms with Gasteiger partial charge in [-0.3, -0.25) is 9.78 Å². The van der Waals surface area contributed by atoms with Gasteiger partial charge in [-0.2, -0.15) is 13.2 Å². The average molecular weight is 596 g/mol. The van der Waals surface area contributed by atoms with E-state index in [-0.39, 0.29) is 41.8 Å². The molecule has 0 spiro atoms. The number of benzene rings is 2. The second-order valence-electron chi connectivity index (χ2n) is 8.52. The van der Waals surface area contributed by atoms with Gasteiger partial charge in [-0.05, 0) is 55.4 Å². The number of likely N-dealkylation sites (N-methyl/N-ethyl adjacent to an activating group) is 1. The van der Waals surface area contributed by atoms with Gasteiger partial charge >= 0.3 is 11.5 Å². The first-order valence-corrected chi connectivity index (χ1v) is 13.6. The number of halogens is 3. The number of urea groups is 1. The Labute approximate surface area is 234 Å². The normalized spacial score (nSPS) is 11.5. The summed E-state index contributed by atoms with van der Waals surface area (Å²) >= 11 is 0. The van der Waals surface area contributed by atoms with E-state index in [4.69, 9.17) is 9.47 Å². The summed E-state index contributed by atoms with van der Waals surface area (Å²) in [4.78, 5) is 27.3. The molecular formula is C26H28F3N5O6S. The zero-order chi connectivity index (χ0) is 30.2. The number of hydrogen-bond acceptors (Lipinski definition) is 8. The third-order valence-electron chi connectivity index (χ3n) is 5.53. The number of rotatable bonds is 11. The van der Waals surface area contributed by atoms with Crippen LogP contribution in [0.3, 0.4) is 0 Å². The standard InChI is InChI=1S/C26H28F3N5O6S/c1-16-12-22(39-11-10-30-2)20(14-23(16)41(37,38)26(27,28)29)34-25(36)33-15-17-4-6-18(7-5-17)40-19-8-9-32-21(13-19)24(35)31-3/h4-9,12-14,30H,10-11,15H2,1-3H3,(H,31,35)(H2,33,34,36). The molecule has 1 aromatic heterocycles. The fraction of sp³-hybridized carbons (Fsp3) is 0.269. The molecule has 0 aliphatic rings. The first kappa shape index (κ1) is 31.2. The van der Waals surface area contributed by atoms with Gasteiger partial charge in [0.25, 0.3) is 15.7 Å². The monoisotopic (exact) mass is 595 g/mol. The third kappa shape index (κ3) is 8.08. The molecule has 41 heavy (non-hydrogen) atoms. The average Bonchev–Trinajstić information content (AvgIpc) is 2.93. The zero-order valence-corrected chi connectivity index (χ0v) is 23.1. The van der Waals surface area contributed by atoms with E-state index in [0.29, 0.717) is 23.6 Å². The molecular weight excluding hydrogens is 567 g/mol. The van der Waals surface area contributed by atoms with Crippen LogP contribution in [0.2, 0.25) is 0 Å². The molecule has 0 atom stereocenters. The number of nitrogens with one attached hydrogen (secondary N) is 4. The Kier molecular flexibility index (Phi) is 10.1. The minimum absolute atomic E-state index is 0.00575. The van der Waals surface area contributed by atoms with Crippen molar-refractivity contribution in [3.63, 3.8) is 0 Å². The largest absolute Gasteiger partial charge is 0.501 e. The summed E-state index contributed by atoms with van der Waals surface area (Å²) in [5.74, 6) is 0.483. The Hall–Kier alpha value is -4.37. The Morgan fingerprint density at radius 3 is 2.34 bits per heavy atom. The Balaban J connectivity index is 1.70. The van der Waals surface area contributed by atoms with Crippen molar-refractivity contribution in [2.75, 3.05) is 32.6 Å². The lowest BCUT2D eigenvalue weighted by atomic mass is 10.2. The number of sulfone groups is 1. The van der Waals surface area contributed by atoms with E-state index in [1.54, 1.807) is 37.4 Å². The maximum absolute atomic E-state index is 13.2. The molecule has 3 aromatic rings. The number of nitrogens with zero attached hydrogens (tertiary/aromatic N) is 1. The molecule has 1 heterocycles. The van der Waals surface area contributed by atoms with E-state index >= 15 is 0 Å². The van der Waals surface area contributed by atoms with E-state index in [2.05, 4.69) is 26.3 Å². The van der Waals surface area contributed by atoms with Crippen molar-refractivity contribution in [1.82, 2.24) is 20.9 Å². The lowest BCUT2D eigenvalue weighted by molar-refractivity contribution is -0.0436. The number of hydrogen-bond donors (Lipinski definition) is 4. The molecule has 4 N–H and O–H groups in total. The predicted molar refractivity (Wildman–Crippen MR) is 144 cm³/mol. The lowest BCUT2D eigenvalue weighted by Crippen LogP contribution is -2.29. The van der Waals surface area contributed by atoms with Crippen LogP contribution in [0.4, 0.5) is 23.7 Å². The minimum Gasteiger partial charge on any atom is -0.490 e. The molecule has 0 fully saturated rings. The van der Waals surface area contributed by atoms with Crippen LogP contribution < -0.4 is 30.7 Å². The molecule has 0 saturated heterocycles. The SMILES string of the molecule is CNCCOc1cc(C)c(S(=O)(=O)C(F)(F)F)cc1NC(=O)NCc1ccc(Oc2ccnc(C(=O)NC)c2)cc1. The fourth-order valence-corrected chi connectivity index (χ4v) is 4.45. The number of carbonyl (C=O) groups excluding carboxylic acids is 2. The number of aryl methyl sites for hydroxylation is 1. The van der Waals surface area contributed by atoms with Crippen LogP contribution in [0.1, 0.15) is 21.6 Å². The molecule has 0 saturated carbocycles. The smallest absolute Gasteiger partial charge is 0.490 e. The van der Waals surface area contributed by atoms with Crippen molar-refractivity contribution >= 4 is 27.5 Å². The summed E-state index contributed by atoms with van der Waals surface area (Å²) in [6.07, 6.45) is 1.43. The summed E-state index contributed by atoms with van der Waals surface area (Å²) in [7, 11) is -2.52. The van der Waals surface area contributed by atoms with Gasteiger partial charge in [0, 0.05) is 32.4 Å². The van der Waals surface area contributed by atoms with Crippen LogP contribution in [0.5, 0.6) is 17.2 Å². The van der Waals surface area contributed by atoms with E-state index in [9.17, 15) is 31.2 Å². The van der Waals surface area contributed by atoms with Gasteiger partial charge < -0.3 is 30.7 Å². The molecule has 11 nitrogen and oxygen atoms in total. The van der Waals surface area contributed by atoms with Crippen LogP contribution in [0.15, 0.2) is 59.6 Å². The van der Waals surface area contributed by atoms with Gasteiger partial charge in [-0.1, -0.05) is 12.1 Å². The van der Waals surface area contributed by atoms with Crippen molar-refractivity contribution in [3.05, 3.63) is 71.5 Å². The number of ether oxygens (including phenoxy) is 2. The number of amides is 3. The highest BCUT2D eigenvalue weighted by Crippen LogP contribution is 2.37. The van der Waals surface area contributed by atoms with Crippen LogP contribution in [0, 0.1) is 6.92 Å². The first-order valence-electron chi connectivity index (χ1n) is 12.1. The van der Waals surface area contributed by atoms with Crippen molar-refractivity contribution in [3.8, 4) is 17.2 Å². The topological polar surface area (TPSA) is 148 Å². The fourth-order valence-electron chi connectivity index (χ4n) is 3.44. The maximum Gasteiger partial charge on any atom is 0.501 e. The Morgan fingerprint density at radius 1 is 1.00 bits per heavy atom. The molecule has 0 aliphatic carbocycles. The molecule has 0 bridgehead atoms. The molecule has 0 aliphatic heterocycles. The summed E-state index contributed by atoms with van der Waals surface area (Å²) in [5, 5.41) is 10.2. The number of aromatic nitrogens is 1. The Morgan fingerprint density at radius 2 is 1.71 bits per heavy atom. The molecule has 2 aromatic carbocycles. The molecule has 0 radical (unpaired) electrons. The molecule has 3 amide bonds. The van der Waals surface area contributed by atoms with E-state index < -0.39 is 26.3 Å². The zero-order valence-electron chi connectivity index (χ0n) is 22.3. The molecule has 15 heteroatoms. The van der Waals surface area contributed by atoms with Gasteiger partial charge in [-0.15, -0.1) is 0 Å². The number of alkyl halides is 3. The van der Waals surface area contributed by atoms with Crippen molar-refractivity contribution in [2.45, 2.75) is 23.9 Å². The maximum atomic E-state index is 13.2. The van der Waals surface area contributed by atoms with Crippen LogP contribution in [0.25, 0.3) is 0 Å². The van der Waals surface area contributed by atoms with Crippen LogP contribution in [-0.2, 0) is 16.4 Å². The van der Waals surface area contributed by atoms with Gasteiger partial charge in [-0.25, -0.2) is 13.2 Å². The van der Waals surface area contributed by atoms with E-state index in [1.165, 1.54) is 26.2 Å². The molecule has 220 valence electrons. The second-order valence-corrected chi connectivity index (χ2v) is 10.4. The van der Waals surface area contributed by atoms with Crippen LogP contribution in [-0.4, -0.2) is 58.1 Å². The van der Waals surface area contributed by atoms with E-state index in [0.717, 1.165) is 12.1 Å². The Bertz CT molecular complexity index is 1500. The number of pyridine rings is 1. The highest BCUT2D eigenvalue weighted by Gasteiger charge is 2.47. The van der Waals surface area contributed by atoms with Crippen LogP contribution >= 0.6 is 0 Å². The van der Waals surface area contributed by atoms with Crippen molar-refractivity contribution in [2.24, 2.45) is 0 Å². The van der Waals surface area contributed by atoms with E-state index in [1.807, 2.05) is 0 Å². The summed E-state index contributed by atoms with van der Waals surface area (Å²) in [6.45, 7) is 1.73. The molecule has 3 rings (SSSR count). The summed E-state index contributed by atoms with van der Waals surface area (Å²) in [6, 6.07) is 10.7. The first-order chi connectivity index (χ1) is 19.3. The number of anilines is 1. The van der Waals surface area contributed by atoms with Crippen molar-refractivity contribution in [1.29, 1.82) is 0 Å². The van der Waals surface area contributed by atoms with Gasteiger partial charge in [0.2, 0.25) is 0 Å². The van der Waals surface area contributed by atoms with Gasteiger partial charge in [0.05, 0.1) is 10.6 Å². The predicted octanol–water partition coefficient (Wildman–Crippen LogP) is 3.76.